The fraction of sp³-hybridized carbons (Fsp3) is 0.263. The summed E-state index contributed by atoms with van der Waals surface area (Å²) in [5, 5.41) is 8.28. The molecule has 31 heavy (non-hydrogen) atoms. The predicted octanol–water partition coefficient (Wildman–Crippen LogP) is 4.38. The van der Waals surface area contributed by atoms with Crippen LogP contribution in [0.5, 0.6) is 0 Å². The van der Waals surface area contributed by atoms with Crippen molar-refractivity contribution in [3.63, 3.8) is 0 Å². The van der Waals surface area contributed by atoms with Crippen molar-refractivity contribution < 1.29 is 13.2 Å². The van der Waals surface area contributed by atoms with Crippen LogP contribution in [0.25, 0.3) is 0 Å². The zero-order chi connectivity index (χ0) is 22.6. The van der Waals surface area contributed by atoms with E-state index in [0.717, 1.165) is 0 Å². The first-order chi connectivity index (χ1) is 14.7. The maximum Gasteiger partial charge on any atom is 0.243 e. The summed E-state index contributed by atoms with van der Waals surface area (Å²) < 4.78 is 32.0. The smallest absolute Gasteiger partial charge is 0.243 e. The number of benzene rings is 2. The lowest BCUT2D eigenvalue weighted by Crippen LogP contribution is -2.40. The maximum absolute atomic E-state index is 12.7. The van der Waals surface area contributed by atoms with Gasteiger partial charge in [-0.15, -0.1) is 0 Å². The summed E-state index contributed by atoms with van der Waals surface area (Å²) in [5.74, 6) is 0. The number of morpholine rings is 1. The van der Waals surface area contributed by atoms with Crippen LogP contribution in [-0.4, -0.2) is 49.9 Å². The van der Waals surface area contributed by atoms with Crippen LogP contribution in [-0.2, 0) is 14.8 Å². The fourth-order valence-electron chi connectivity index (χ4n) is 2.81. The van der Waals surface area contributed by atoms with Crippen LogP contribution >= 0.6 is 47.0 Å². The third-order valence-electron chi connectivity index (χ3n) is 4.47. The molecular weight excluding hydrogens is 503 g/mol. The van der Waals surface area contributed by atoms with Gasteiger partial charge in [0.05, 0.1) is 38.9 Å². The van der Waals surface area contributed by atoms with E-state index in [-0.39, 0.29) is 15.0 Å². The third-order valence-corrected chi connectivity index (χ3v) is 7.87. The number of anilines is 1. The van der Waals surface area contributed by atoms with Crippen molar-refractivity contribution >= 4 is 73.6 Å². The quantitative estimate of drug-likeness (QED) is 0.263. The molecule has 0 aliphatic carbocycles. The first-order valence-electron chi connectivity index (χ1n) is 9.13. The largest absolute Gasteiger partial charge is 0.379 e. The van der Waals surface area contributed by atoms with Gasteiger partial charge in [0.25, 0.3) is 0 Å². The number of hydrogen-bond acceptors (Lipinski definition) is 5. The summed E-state index contributed by atoms with van der Waals surface area (Å²) in [7, 11) is -3.55. The fourth-order valence-corrected chi connectivity index (χ4v) is 5.05. The highest BCUT2D eigenvalue weighted by Gasteiger charge is 2.26. The molecule has 0 atom stereocenters. The van der Waals surface area contributed by atoms with Crippen LogP contribution in [0.4, 0.5) is 5.69 Å². The molecule has 0 unspecified atom stereocenters. The number of ether oxygens (including phenoxy) is 1. The zero-order valence-electron chi connectivity index (χ0n) is 16.4. The number of thiocarbonyl (C=S) groups is 1. The monoisotopic (exact) mass is 520 g/mol. The third kappa shape index (κ3) is 5.87. The minimum Gasteiger partial charge on any atom is -0.379 e. The Bertz CT molecular complexity index is 1100. The minimum absolute atomic E-state index is 0.210. The van der Waals surface area contributed by atoms with Gasteiger partial charge in [-0.3, -0.25) is 5.43 Å². The molecule has 3 rings (SSSR count). The van der Waals surface area contributed by atoms with Crippen LogP contribution in [0.15, 0.2) is 46.4 Å². The Morgan fingerprint density at radius 2 is 1.71 bits per heavy atom. The molecule has 2 N–H and O–H groups in total. The molecule has 166 valence electrons. The van der Waals surface area contributed by atoms with E-state index < -0.39 is 10.0 Å². The lowest BCUT2D eigenvalue weighted by atomic mass is 10.1. The summed E-state index contributed by atoms with van der Waals surface area (Å²) in [4.78, 5) is 0.210. The van der Waals surface area contributed by atoms with Crippen molar-refractivity contribution in [2.75, 3.05) is 31.6 Å². The molecule has 1 aliphatic heterocycles. The summed E-state index contributed by atoms with van der Waals surface area (Å²) in [6.45, 7) is 3.22. The van der Waals surface area contributed by atoms with Crippen LogP contribution in [0.3, 0.4) is 0 Å². The Morgan fingerprint density at radius 3 is 2.35 bits per heavy atom. The molecule has 0 spiro atoms. The van der Waals surface area contributed by atoms with Crippen LogP contribution < -0.4 is 10.7 Å². The summed E-state index contributed by atoms with van der Waals surface area (Å²) in [6.07, 6.45) is 0. The van der Waals surface area contributed by atoms with Gasteiger partial charge in [-0.1, -0.05) is 40.9 Å². The van der Waals surface area contributed by atoms with Crippen molar-refractivity contribution in [2.24, 2.45) is 5.10 Å². The van der Waals surface area contributed by atoms with Gasteiger partial charge in [-0.05, 0) is 49.5 Å². The van der Waals surface area contributed by atoms with E-state index in [2.05, 4.69) is 15.8 Å². The molecule has 0 aromatic heterocycles. The highest BCUT2D eigenvalue weighted by Crippen LogP contribution is 2.32. The van der Waals surface area contributed by atoms with Gasteiger partial charge in [0.2, 0.25) is 10.0 Å². The molecule has 0 saturated carbocycles. The Kier molecular flexibility index (Phi) is 8.14. The SMILES string of the molecule is CC(=NNC(=S)Nc1ccc(S(=O)(=O)N2CCOCC2)cc1)c1ccc(Cl)c(Cl)c1Cl. The standard InChI is InChI=1S/C19H19Cl3N4O3S2/c1-12(15-6-7-16(20)18(22)17(15)21)24-25-19(30)23-13-2-4-14(5-3-13)31(27,28)26-8-10-29-11-9-26/h2-7H,8-11H2,1H3,(H2,23,25,30). The van der Waals surface area contributed by atoms with Gasteiger partial charge in [0.15, 0.2) is 5.11 Å². The molecule has 1 heterocycles. The van der Waals surface area contributed by atoms with E-state index in [4.69, 9.17) is 51.8 Å². The van der Waals surface area contributed by atoms with E-state index in [1.807, 2.05) is 0 Å². The van der Waals surface area contributed by atoms with Gasteiger partial charge in [-0.2, -0.15) is 9.41 Å². The van der Waals surface area contributed by atoms with Gasteiger partial charge >= 0.3 is 0 Å². The van der Waals surface area contributed by atoms with Crippen LogP contribution in [0.2, 0.25) is 15.1 Å². The second kappa shape index (κ2) is 10.4. The number of nitrogens with zero attached hydrogens (tertiary/aromatic N) is 2. The van der Waals surface area contributed by atoms with Crippen molar-refractivity contribution in [1.82, 2.24) is 9.73 Å². The molecule has 0 amide bonds. The number of hydrogen-bond donors (Lipinski definition) is 2. The zero-order valence-corrected chi connectivity index (χ0v) is 20.3. The average molecular weight is 522 g/mol. The highest BCUT2D eigenvalue weighted by atomic mass is 35.5. The first-order valence-corrected chi connectivity index (χ1v) is 12.1. The van der Waals surface area contributed by atoms with Gasteiger partial charge in [-0.25, -0.2) is 8.42 Å². The number of nitrogens with one attached hydrogen (secondary N) is 2. The summed E-state index contributed by atoms with van der Waals surface area (Å²) in [6, 6.07) is 9.66. The first kappa shape index (κ1) is 24.2. The molecule has 1 saturated heterocycles. The maximum atomic E-state index is 12.7. The lowest BCUT2D eigenvalue weighted by Gasteiger charge is -2.26. The van der Waals surface area contributed by atoms with E-state index in [9.17, 15) is 8.42 Å². The average Bonchev–Trinajstić information content (AvgIpc) is 2.77. The Balaban J connectivity index is 1.63. The van der Waals surface area contributed by atoms with Gasteiger partial charge in [0.1, 0.15) is 0 Å². The number of sulfonamides is 1. The minimum atomic E-state index is -3.55. The topological polar surface area (TPSA) is 83.0 Å². The van der Waals surface area contributed by atoms with Gasteiger partial charge in [0, 0.05) is 24.3 Å². The van der Waals surface area contributed by atoms with Crippen LogP contribution in [0, 0.1) is 0 Å². The highest BCUT2D eigenvalue weighted by molar-refractivity contribution is 7.89. The second-order valence-electron chi connectivity index (χ2n) is 6.53. The van der Waals surface area contributed by atoms with E-state index in [1.165, 1.54) is 16.4 Å². The van der Waals surface area contributed by atoms with E-state index in [0.29, 0.717) is 53.3 Å². The van der Waals surface area contributed by atoms with Crippen LogP contribution in [0.1, 0.15) is 12.5 Å². The van der Waals surface area contributed by atoms with E-state index in [1.54, 1.807) is 31.2 Å². The summed E-state index contributed by atoms with van der Waals surface area (Å²) in [5.41, 5.74) is 4.50. The van der Waals surface area contributed by atoms with Crippen molar-refractivity contribution in [2.45, 2.75) is 11.8 Å². The number of rotatable bonds is 5. The molecule has 2 aromatic carbocycles. The Morgan fingerprint density at radius 1 is 1.06 bits per heavy atom. The summed E-state index contributed by atoms with van der Waals surface area (Å²) >= 11 is 23.5. The normalized spacial score (nSPS) is 15.5. The predicted molar refractivity (Wildman–Crippen MR) is 129 cm³/mol. The second-order valence-corrected chi connectivity index (χ2v) is 10.0. The van der Waals surface area contributed by atoms with Crippen molar-refractivity contribution in [1.29, 1.82) is 0 Å². The molecule has 0 radical (unpaired) electrons. The van der Waals surface area contributed by atoms with Gasteiger partial charge < -0.3 is 10.1 Å². The molecule has 2 aromatic rings. The Hall–Kier alpha value is -1.46. The van der Waals surface area contributed by atoms with Crippen molar-refractivity contribution in [3.05, 3.63) is 57.0 Å². The number of halogens is 3. The molecule has 0 bridgehead atoms. The molecule has 1 aliphatic rings. The van der Waals surface area contributed by atoms with E-state index >= 15 is 0 Å². The molecule has 1 fully saturated rings. The molecule has 7 nitrogen and oxygen atoms in total. The number of hydrazone groups is 1. The molecular formula is C19H19Cl3N4O3S2. The Labute approximate surface area is 201 Å². The molecule has 12 heteroatoms. The lowest BCUT2D eigenvalue weighted by molar-refractivity contribution is 0.0730. The van der Waals surface area contributed by atoms with Crippen molar-refractivity contribution in [3.8, 4) is 0 Å².